The van der Waals surface area contributed by atoms with Crippen LogP contribution in [0.4, 0.5) is 0 Å². The highest BCUT2D eigenvalue weighted by molar-refractivity contribution is 5.17. The molecule has 0 spiro atoms. The Morgan fingerprint density at radius 3 is 2.94 bits per heavy atom. The van der Waals surface area contributed by atoms with E-state index in [0.717, 1.165) is 32.3 Å². The van der Waals surface area contributed by atoms with E-state index in [1.807, 2.05) is 13.4 Å². The van der Waals surface area contributed by atoms with E-state index in [-0.39, 0.29) is 11.6 Å². The first kappa shape index (κ1) is 13.8. The molecule has 0 aromatic rings. The molecule has 104 valence electrons. The molecular weight excluding hydrogens is 228 g/mol. The molecule has 3 N–H and O–H groups in total. The molecule has 1 heterocycles. The Bertz CT molecular complexity index is 306. The fourth-order valence-corrected chi connectivity index (χ4v) is 3.50. The van der Waals surface area contributed by atoms with Gasteiger partial charge in [0.2, 0.25) is 0 Å². The molecule has 4 heteroatoms. The third-order valence-electron chi connectivity index (χ3n) is 4.42. The number of hydrogen-bond acceptors (Lipinski definition) is 4. The third kappa shape index (κ3) is 2.71. The van der Waals surface area contributed by atoms with Crippen LogP contribution in [-0.4, -0.2) is 25.4 Å². The van der Waals surface area contributed by atoms with Crippen molar-refractivity contribution in [2.45, 2.75) is 57.1 Å². The van der Waals surface area contributed by atoms with Crippen molar-refractivity contribution in [3.05, 3.63) is 11.8 Å². The lowest BCUT2D eigenvalue weighted by atomic mass is 9.72. The molecule has 0 bridgehead atoms. The van der Waals surface area contributed by atoms with Crippen molar-refractivity contribution in [1.29, 1.82) is 0 Å². The van der Waals surface area contributed by atoms with Crippen LogP contribution in [0.2, 0.25) is 0 Å². The molecule has 1 fully saturated rings. The van der Waals surface area contributed by atoms with Crippen LogP contribution in [-0.2, 0) is 9.47 Å². The van der Waals surface area contributed by atoms with Gasteiger partial charge in [0.1, 0.15) is 0 Å². The van der Waals surface area contributed by atoms with Crippen LogP contribution in [0.15, 0.2) is 11.8 Å². The lowest BCUT2D eigenvalue weighted by Gasteiger charge is -2.45. The highest BCUT2D eigenvalue weighted by atomic mass is 16.5. The molecule has 3 atom stereocenters. The fourth-order valence-electron chi connectivity index (χ4n) is 3.50. The summed E-state index contributed by atoms with van der Waals surface area (Å²) in [6.07, 6.45) is 8.64. The van der Waals surface area contributed by atoms with Gasteiger partial charge in [-0.3, -0.25) is 11.3 Å². The Morgan fingerprint density at radius 2 is 2.39 bits per heavy atom. The molecule has 0 radical (unpaired) electrons. The normalized spacial score (nSPS) is 34.6. The van der Waals surface area contributed by atoms with Crippen molar-refractivity contribution < 1.29 is 9.47 Å². The molecule has 2 rings (SSSR count). The second-order valence-corrected chi connectivity index (χ2v) is 5.74. The molecule has 0 saturated heterocycles. The largest absolute Gasteiger partial charge is 0.501 e. The zero-order chi connectivity index (χ0) is 13.0. The van der Waals surface area contributed by atoms with Crippen molar-refractivity contribution in [1.82, 2.24) is 5.43 Å². The fraction of sp³-hybridized carbons (Fsp3) is 0.857. The SMILES string of the molecule is COC1(C(NN)C2=COCCC2)CCCC(C)C1. The number of ether oxygens (including phenoxy) is 2. The van der Waals surface area contributed by atoms with Gasteiger partial charge < -0.3 is 9.47 Å². The summed E-state index contributed by atoms with van der Waals surface area (Å²) < 4.78 is 11.4. The quantitative estimate of drug-likeness (QED) is 0.596. The molecule has 1 aliphatic carbocycles. The number of nitrogens with two attached hydrogens (primary N) is 1. The molecular formula is C14H26N2O2. The van der Waals surface area contributed by atoms with Crippen LogP contribution in [0, 0.1) is 5.92 Å². The van der Waals surface area contributed by atoms with E-state index in [2.05, 4.69) is 12.3 Å². The number of hydrazine groups is 1. The van der Waals surface area contributed by atoms with Gasteiger partial charge in [-0.25, -0.2) is 0 Å². The number of methoxy groups -OCH3 is 1. The maximum absolute atomic E-state index is 5.92. The highest BCUT2D eigenvalue weighted by Gasteiger charge is 2.43. The number of hydrogen-bond donors (Lipinski definition) is 2. The molecule has 2 aliphatic rings. The predicted octanol–water partition coefficient (Wildman–Crippen LogP) is 2.11. The summed E-state index contributed by atoms with van der Waals surface area (Å²) in [5.41, 5.74) is 4.06. The monoisotopic (exact) mass is 254 g/mol. The third-order valence-corrected chi connectivity index (χ3v) is 4.42. The van der Waals surface area contributed by atoms with Crippen molar-refractivity contribution in [3.63, 3.8) is 0 Å². The van der Waals surface area contributed by atoms with Crippen molar-refractivity contribution in [3.8, 4) is 0 Å². The summed E-state index contributed by atoms with van der Waals surface area (Å²) in [4.78, 5) is 0. The summed E-state index contributed by atoms with van der Waals surface area (Å²) in [6.45, 7) is 3.11. The Balaban J connectivity index is 2.19. The second kappa shape index (κ2) is 6.04. The summed E-state index contributed by atoms with van der Waals surface area (Å²) in [6, 6.07) is 0.0746. The molecule has 1 aliphatic heterocycles. The Kier molecular flexibility index (Phi) is 4.65. The van der Waals surface area contributed by atoms with E-state index >= 15 is 0 Å². The zero-order valence-corrected chi connectivity index (χ0v) is 11.6. The topological polar surface area (TPSA) is 56.5 Å². The molecule has 18 heavy (non-hydrogen) atoms. The van der Waals surface area contributed by atoms with Gasteiger partial charge in [-0.2, -0.15) is 0 Å². The van der Waals surface area contributed by atoms with Crippen LogP contribution in [0.25, 0.3) is 0 Å². The Hall–Kier alpha value is -0.580. The van der Waals surface area contributed by atoms with E-state index < -0.39 is 0 Å². The molecule has 1 saturated carbocycles. The van der Waals surface area contributed by atoms with Gasteiger partial charge in [0.05, 0.1) is 24.5 Å². The smallest absolute Gasteiger partial charge is 0.0886 e. The summed E-state index contributed by atoms with van der Waals surface area (Å²) in [5, 5.41) is 0. The van der Waals surface area contributed by atoms with Crippen molar-refractivity contribution in [2.75, 3.05) is 13.7 Å². The van der Waals surface area contributed by atoms with Gasteiger partial charge in [-0.1, -0.05) is 19.8 Å². The van der Waals surface area contributed by atoms with E-state index in [4.69, 9.17) is 15.3 Å². The Labute approximate surface area is 110 Å². The zero-order valence-electron chi connectivity index (χ0n) is 11.6. The molecule has 0 aromatic carbocycles. The molecule has 0 amide bonds. The number of nitrogens with one attached hydrogen (secondary N) is 1. The van der Waals surface area contributed by atoms with Gasteiger partial charge in [-0.05, 0) is 37.2 Å². The van der Waals surface area contributed by atoms with Gasteiger partial charge in [0.25, 0.3) is 0 Å². The van der Waals surface area contributed by atoms with Crippen LogP contribution >= 0.6 is 0 Å². The minimum absolute atomic E-state index is 0.0746. The molecule has 0 aromatic heterocycles. The minimum Gasteiger partial charge on any atom is -0.501 e. The van der Waals surface area contributed by atoms with Gasteiger partial charge >= 0.3 is 0 Å². The lowest BCUT2D eigenvalue weighted by molar-refractivity contribution is -0.0726. The minimum atomic E-state index is -0.168. The van der Waals surface area contributed by atoms with Gasteiger partial charge in [-0.15, -0.1) is 0 Å². The Morgan fingerprint density at radius 1 is 1.56 bits per heavy atom. The standard InChI is InChI=1S/C14H26N2O2/c1-11-5-3-7-14(9-11,17-2)13(16-15)12-6-4-8-18-10-12/h10-11,13,16H,3-9,15H2,1-2H3. The molecule has 3 unspecified atom stereocenters. The van der Waals surface area contributed by atoms with E-state index in [0.29, 0.717) is 5.92 Å². The van der Waals surface area contributed by atoms with Crippen molar-refractivity contribution in [2.24, 2.45) is 11.8 Å². The van der Waals surface area contributed by atoms with Gasteiger partial charge in [0, 0.05) is 7.11 Å². The van der Waals surface area contributed by atoms with Crippen molar-refractivity contribution >= 4 is 0 Å². The second-order valence-electron chi connectivity index (χ2n) is 5.74. The van der Waals surface area contributed by atoms with E-state index in [1.54, 1.807) is 0 Å². The first-order valence-electron chi connectivity index (χ1n) is 7.03. The maximum atomic E-state index is 5.92. The van der Waals surface area contributed by atoms with Crippen LogP contribution in [0.5, 0.6) is 0 Å². The molecule has 4 nitrogen and oxygen atoms in total. The summed E-state index contributed by atoms with van der Waals surface area (Å²) in [5.74, 6) is 6.51. The van der Waals surface area contributed by atoms with Crippen LogP contribution in [0.3, 0.4) is 0 Å². The van der Waals surface area contributed by atoms with Gasteiger partial charge in [0.15, 0.2) is 0 Å². The summed E-state index contributed by atoms with van der Waals surface area (Å²) in [7, 11) is 1.81. The summed E-state index contributed by atoms with van der Waals surface area (Å²) >= 11 is 0. The first-order valence-corrected chi connectivity index (χ1v) is 7.03. The predicted molar refractivity (Wildman–Crippen MR) is 71.8 cm³/mol. The average Bonchev–Trinajstić information content (AvgIpc) is 2.41. The van der Waals surface area contributed by atoms with E-state index in [9.17, 15) is 0 Å². The van der Waals surface area contributed by atoms with E-state index in [1.165, 1.54) is 18.4 Å². The first-order chi connectivity index (χ1) is 8.72. The van der Waals surface area contributed by atoms with Crippen LogP contribution < -0.4 is 11.3 Å². The highest BCUT2D eigenvalue weighted by Crippen LogP contribution is 2.40. The number of rotatable bonds is 4. The van der Waals surface area contributed by atoms with Crippen LogP contribution in [0.1, 0.15) is 45.4 Å². The lowest BCUT2D eigenvalue weighted by Crippen LogP contribution is -2.57. The maximum Gasteiger partial charge on any atom is 0.0886 e. The average molecular weight is 254 g/mol.